The number of fused-ring (bicyclic) bond motifs is 2. The molecular weight excluding hydrogens is 394 g/mol. The van der Waals surface area contributed by atoms with E-state index in [9.17, 15) is 9.59 Å². The van der Waals surface area contributed by atoms with E-state index in [2.05, 4.69) is 16.9 Å². The monoisotopic (exact) mass is 415 g/mol. The zero-order valence-electron chi connectivity index (χ0n) is 16.5. The molecule has 0 bridgehead atoms. The fourth-order valence-electron chi connectivity index (χ4n) is 3.25. The number of thioether (sulfide) groups is 1. The molecule has 0 radical (unpaired) electrons. The Labute approximate surface area is 178 Å². The third-order valence-electron chi connectivity index (χ3n) is 4.81. The second-order valence-corrected chi connectivity index (χ2v) is 8.24. The van der Waals surface area contributed by atoms with Gasteiger partial charge in [-0.1, -0.05) is 60.3 Å². The Kier molecular flexibility index (Phi) is 5.68. The van der Waals surface area contributed by atoms with Gasteiger partial charge in [-0.3, -0.25) is 14.2 Å². The van der Waals surface area contributed by atoms with Crippen LogP contribution in [0.5, 0.6) is 0 Å². The molecule has 6 heteroatoms. The van der Waals surface area contributed by atoms with Gasteiger partial charge in [-0.05, 0) is 42.0 Å². The van der Waals surface area contributed by atoms with Gasteiger partial charge in [0.15, 0.2) is 5.16 Å². The summed E-state index contributed by atoms with van der Waals surface area (Å²) in [4.78, 5) is 30.3. The van der Waals surface area contributed by atoms with Crippen LogP contribution in [0.25, 0.3) is 21.7 Å². The van der Waals surface area contributed by atoms with Gasteiger partial charge in [-0.25, -0.2) is 4.98 Å². The average molecular weight is 416 g/mol. The molecule has 5 nitrogen and oxygen atoms in total. The van der Waals surface area contributed by atoms with Gasteiger partial charge in [0.2, 0.25) is 5.91 Å². The van der Waals surface area contributed by atoms with Gasteiger partial charge in [0.05, 0.1) is 16.2 Å². The average Bonchev–Trinajstić information content (AvgIpc) is 2.76. The summed E-state index contributed by atoms with van der Waals surface area (Å²) in [7, 11) is 0. The van der Waals surface area contributed by atoms with Crippen LogP contribution in [0.1, 0.15) is 6.92 Å². The van der Waals surface area contributed by atoms with Crippen LogP contribution in [0.15, 0.2) is 89.3 Å². The summed E-state index contributed by atoms with van der Waals surface area (Å²) in [5.74, 6) is -0.150. The zero-order chi connectivity index (χ0) is 21.1. The fraction of sp³-hybridized carbons (Fsp3) is 0.125. The summed E-state index contributed by atoms with van der Waals surface area (Å²) in [5.41, 5.74) is 1.22. The molecule has 1 N–H and O–H groups in total. The number of nitrogens with zero attached hydrogens (tertiary/aromatic N) is 2. The Balaban J connectivity index is 1.59. The van der Waals surface area contributed by atoms with Crippen molar-refractivity contribution >= 4 is 45.0 Å². The molecule has 0 aliphatic heterocycles. The van der Waals surface area contributed by atoms with Gasteiger partial charge in [-0.15, -0.1) is 6.58 Å². The van der Waals surface area contributed by atoms with Crippen LogP contribution in [0.4, 0.5) is 5.69 Å². The number of amides is 1. The largest absolute Gasteiger partial charge is 0.325 e. The minimum absolute atomic E-state index is 0.134. The Morgan fingerprint density at radius 2 is 1.87 bits per heavy atom. The van der Waals surface area contributed by atoms with Gasteiger partial charge in [0, 0.05) is 12.2 Å². The van der Waals surface area contributed by atoms with Gasteiger partial charge in [0.25, 0.3) is 5.56 Å². The molecule has 0 saturated carbocycles. The van der Waals surface area contributed by atoms with E-state index in [1.165, 1.54) is 11.8 Å². The molecule has 1 heterocycles. The van der Waals surface area contributed by atoms with Crippen LogP contribution in [0.2, 0.25) is 0 Å². The summed E-state index contributed by atoms with van der Waals surface area (Å²) in [6.07, 6.45) is 1.65. The van der Waals surface area contributed by atoms with E-state index in [4.69, 9.17) is 0 Å². The molecule has 0 saturated heterocycles. The van der Waals surface area contributed by atoms with E-state index >= 15 is 0 Å². The third-order valence-corrected chi connectivity index (χ3v) is 5.90. The highest BCUT2D eigenvalue weighted by Crippen LogP contribution is 2.25. The number of hydrogen-bond acceptors (Lipinski definition) is 4. The normalized spacial score (nSPS) is 12.0. The predicted molar refractivity (Wildman–Crippen MR) is 124 cm³/mol. The van der Waals surface area contributed by atoms with E-state index in [1.807, 2.05) is 54.6 Å². The van der Waals surface area contributed by atoms with Crippen LogP contribution in [0, 0.1) is 0 Å². The molecule has 150 valence electrons. The molecular formula is C24H21N3O2S. The van der Waals surface area contributed by atoms with Crippen molar-refractivity contribution in [2.45, 2.75) is 23.9 Å². The molecule has 3 aromatic carbocycles. The van der Waals surface area contributed by atoms with Gasteiger partial charge >= 0.3 is 0 Å². The number of allylic oxidation sites excluding steroid dienone is 1. The minimum Gasteiger partial charge on any atom is -0.325 e. The number of nitrogens with one attached hydrogen (secondary N) is 1. The van der Waals surface area contributed by atoms with Crippen molar-refractivity contribution in [3.05, 3.63) is 89.7 Å². The van der Waals surface area contributed by atoms with E-state index in [0.29, 0.717) is 22.6 Å². The van der Waals surface area contributed by atoms with Crippen LogP contribution in [-0.2, 0) is 11.3 Å². The number of para-hydroxylation sites is 1. The first kappa shape index (κ1) is 19.9. The standard InChI is InChI=1S/C24H21N3O2S/c1-3-14-27-23(29)20-10-6-7-11-21(20)26-24(27)30-16(2)22(28)25-19-13-12-17-8-4-5-9-18(17)15-19/h3-13,15-16H,1,14H2,2H3,(H,25,28)/t16-/m1/s1. The maximum Gasteiger partial charge on any atom is 0.262 e. The number of benzene rings is 3. The molecule has 30 heavy (non-hydrogen) atoms. The van der Waals surface area contributed by atoms with Gasteiger partial charge in [0.1, 0.15) is 0 Å². The maximum atomic E-state index is 12.9. The van der Waals surface area contributed by atoms with Crippen molar-refractivity contribution in [1.29, 1.82) is 0 Å². The topological polar surface area (TPSA) is 64.0 Å². The Morgan fingerprint density at radius 3 is 2.67 bits per heavy atom. The van der Waals surface area contributed by atoms with Crippen molar-refractivity contribution in [3.8, 4) is 0 Å². The Hall–Kier alpha value is -3.38. The smallest absolute Gasteiger partial charge is 0.262 e. The van der Waals surface area contributed by atoms with Crippen LogP contribution < -0.4 is 10.9 Å². The van der Waals surface area contributed by atoms with Crippen molar-refractivity contribution in [2.75, 3.05) is 5.32 Å². The lowest BCUT2D eigenvalue weighted by Crippen LogP contribution is -2.26. The lowest BCUT2D eigenvalue weighted by molar-refractivity contribution is -0.115. The quantitative estimate of drug-likeness (QED) is 0.278. The fourth-order valence-corrected chi connectivity index (χ4v) is 4.17. The lowest BCUT2D eigenvalue weighted by atomic mass is 10.1. The van der Waals surface area contributed by atoms with Crippen LogP contribution in [-0.4, -0.2) is 20.7 Å². The second-order valence-electron chi connectivity index (χ2n) is 6.93. The molecule has 0 spiro atoms. The number of hydrogen-bond donors (Lipinski definition) is 1. The van der Waals surface area contributed by atoms with Crippen molar-refractivity contribution in [2.24, 2.45) is 0 Å². The summed E-state index contributed by atoms with van der Waals surface area (Å²) in [6.45, 7) is 5.87. The molecule has 0 aliphatic carbocycles. The molecule has 4 aromatic rings. The highest BCUT2D eigenvalue weighted by Gasteiger charge is 2.19. The predicted octanol–water partition coefficient (Wildman–Crippen LogP) is 4.86. The highest BCUT2D eigenvalue weighted by molar-refractivity contribution is 8.00. The second kappa shape index (κ2) is 8.55. The van der Waals surface area contributed by atoms with E-state index < -0.39 is 5.25 Å². The number of carbonyl (C=O) groups excluding carboxylic acids is 1. The van der Waals surface area contributed by atoms with Crippen molar-refractivity contribution < 1.29 is 4.79 Å². The maximum absolute atomic E-state index is 12.9. The van der Waals surface area contributed by atoms with E-state index in [-0.39, 0.29) is 11.5 Å². The Morgan fingerprint density at radius 1 is 1.13 bits per heavy atom. The lowest BCUT2D eigenvalue weighted by Gasteiger charge is -2.15. The summed E-state index contributed by atoms with van der Waals surface area (Å²) in [5, 5.41) is 5.75. The number of rotatable bonds is 6. The molecule has 4 rings (SSSR count). The van der Waals surface area contributed by atoms with Gasteiger partial charge < -0.3 is 5.32 Å². The Bertz CT molecular complexity index is 1310. The molecule has 0 unspecified atom stereocenters. The first-order valence-electron chi connectivity index (χ1n) is 9.63. The third kappa shape index (κ3) is 4.00. The summed E-state index contributed by atoms with van der Waals surface area (Å²) in [6, 6.07) is 21.0. The van der Waals surface area contributed by atoms with E-state index in [0.717, 1.165) is 16.5 Å². The number of aromatic nitrogens is 2. The molecule has 0 aliphatic rings. The van der Waals surface area contributed by atoms with Crippen molar-refractivity contribution in [3.63, 3.8) is 0 Å². The van der Waals surface area contributed by atoms with E-state index in [1.54, 1.807) is 29.7 Å². The molecule has 1 aromatic heterocycles. The van der Waals surface area contributed by atoms with Crippen LogP contribution in [0.3, 0.4) is 0 Å². The first-order valence-corrected chi connectivity index (χ1v) is 10.5. The summed E-state index contributed by atoms with van der Waals surface area (Å²) < 4.78 is 1.56. The minimum atomic E-state index is -0.444. The van der Waals surface area contributed by atoms with Crippen molar-refractivity contribution in [1.82, 2.24) is 9.55 Å². The van der Waals surface area contributed by atoms with Crippen LogP contribution >= 0.6 is 11.8 Å². The number of anilines is 1. The number of carbonyl (C=O) groups is 1. The SMILES string of the molecule is C=CCn1c(S[C@H](C)C(=O)Nc2ccc3ccccc3c2)nc2ccccc2c1=O. The molecule has 0 fully saturated rings. The summed E-state index contributed by atoms with van der Waals surface area (Å²) >= 11 is 1.26. The highest BCUT2D eigenvalue weighted by atomic mass is 32.2. The molecule has 1 atom stereocenters. The first-order chi connectivity index (χ1) is 14.6. The molecule has 1 amide bonds. The van der Waals surface area contributed by atoms with Gasteiger partial charge in [-0.2, -0.15) is 0 Å². The zero-order valence-corrected chi connectivity index (χ0v) is 17.4.